The highest BCUT2D eigenvalue weighted by molar-refractivity contribution is 5.02. The van der Waals surface area contributed by atoms with E-state index in [2.05, 4.69) is 19.2 Å². The van der Waals surface area contributed by atoms with Crippen molar-refractivity contribution in [1.29, 1.82) is 0 Å². The number of hydrogen-bond acceptors (Lipinski definition) is 1. The largest absolute Gasteiger partial charge is 0.313 e. The van der Waals surface area contributed by atoms with Gasteiger partial charge in [-0.05, 0) is 24.7 Å². The molecule has 0 aliphatic heterocycles. The molecule has 0 aromatic heterocycles. The normalized spacial score (nSPS) is 38.6. The molecule has 82 valence electrons. The first-order valence-electron chi connectivity index (χ1n) is 5.53. The maximum Gasteiger partial charge on any atom is 0.252 e. The number of hydrogen-bond donors (Lipinski definition) is 1. The molecular formula is C11H19F2N. The van der Waals surface area contributed by atoms with Crippen LogP contribution in [0.5, 0.6) is 0 Å². The van der Waals surface area contributed by atoms with E-state index in [1.165, 1.54) is 0 Å². The zero-order chi connectivity index (χ0) is 10.4. The second-order valence-electron chi connectivity index (χ2n) is 5.50. The van der Waals surface area contributed by atoms with E-state index in [0.29, 0.717) is 30.8 Å². The number of alkyl halides is 2. The lowest BCUT2D eigenvalue weighted by Crippen LogP contribution is -2.34. The molecule has 2 aliphatic rings. The van der Waals surface area contributed by atoms with E-state index in [-0.39, 0.29) is 6.42 Å². The van der Waals surface area contributed by atoms with E-state index in [4.69, 9.17) is 0 Å². The minimum Gasteiger partial charge on any atom is -0.313 e. The van der Waals surface area contributed by atoms with Crippen LogP contribution in [0.15, 0.2) is 0 Å². The third-order valence-electron chi connectivity index (χ3n) is 3.78. The third-order valence-corrected chi connectivity index (χ3v) is 3.78. The smallest absolute Gasteiger partial charge is 0.252 e. The van der Waals surface area contributed by atoms with E-state index in [0.717, 1.165) is 6.42 Å². The zero-order valence-corrected chi connectivity index (χ0v) is 8.95. The molecule has 0 aromatic rings. The third kappa shape index (κ3) is 1.92. The van der Waals surface area contributed by atoms with Crippen LogP contribution in [-0.2, 0) is 0 Å². The second-order valence-corrected chi connectivity index (χ2v) is 5.50. The van der Waals surface area contributed by atoms with Crippen molar-refractivity contribution < 1.29 is 8.78 Å². The maximum absolute atomic E-state index is 13.2. The lowest BCUT2D eigenvalue weighted by molar-refractivity contribution is -0.0361. The summed E-state index contributed by atoms with van der Waals surface area (Å²) in [6.07, 6.45) is 2.60. The maximum atomic E-state index is 13.2. The monoisotopic (exact) mass is 203 g/mol. The van der Waals surface area contributed by atoms with Crippen molar-refractivity contribution in [1.82, 2.24) is 5.32 Å². The molecule has 0 heterocycles. The van der Waals surface area contributed by atoms with E-state index in [1.54, 1.807) is 0 Å². The first-order valence-corrected chi connectivity index (χ1v) is 5.53. The average Bonchev–Trinajstić information content (AvgIpc) is 2.49. The fourth-order valence-electron chi connectivity index (χ4n) is 2.35. The molecule has 2 fully saturated rings. The Morgan fingerprint density at radius 2 is 2.00 bits per heavy atom. The second kappa shape index (κ2) is 3.16. The van der Waals surface area contributed by atoms with E-state index >= 15 is 0 Å². The van der Waals surface area contributed by atoms with E-state index in [9.17, 15) is 8.78 Å². The highest BCUT2D eigenvalue weighted by Gasteiger charge is 2.48. The van der Waals surface area contributed by atoms with Crippen LogP contribution >= 0.6 is 0 Å². The van der Waals surface area contributed by atoms with Crippen molar-refractivity contribution in [3.8, 4) is 0 Å². The summed E-state index contributed by atoms with van der Waals surface area (Å²) in [6, 6.07) is 0.471. The first-order chi connectivity index (χ1) is 6.42. The van der Waals surface area contributed by atoms with Crippen molar-refractivity contribution in [3.05, 3.63) is 0 Å². The molecule has 14 heavy (non-hydrogen) atoms. The fraction of sp³-hybridized carbons (Fsp3) is 1.00. The Morgan fingerprint density at radius 1 is 1.36 bits per heavy atom. The van der Waals surface area contributed by atoms with Crippen molar-refractivity contribution in [2.45, 2.75) is 51.5 Å². The summed E-state index contributed by atoms with van der Waals surface area (Å²) < 4.78 is 26.5. The van der Waals surface area contributed by atoms with E-state index in [1.807, 2.05) is 0 Å². The summed E-state index contributed by atoms with van der Waals surface area (Å²) in [5.74, 6) is -2.83. The zero-order valence-electron chi connectivity index (χ0n) is 8.95. The molecule has 2 aliphatic carbocycles. The summed E-state index contributed by atoms with van der Waals surface area (Å²) in [5, 5.41) is 3.26. The number of nitrogens with one attached hydrogen (secondary N) is 1. The van der Waals surface area contributed by atoms with Gasteiger partial charge in [0.2, 0.25) is 0 Å². The molecule has 0 radical (unpaired) electrons. The van der Waals surface area contributed by atoms with Crippen LogP contribution in [0.2, 0.25) is 0 Å². The van der Waals surface area contributed by atoms with Crippen LogP contribution in [0, 0.1) is 11.3 Å². The van der Waals surface area contributed by atoms with Gasteiger partial charge < -0.3 is 5.32 Å². The molecule has 2 rings (SSSR count). The SMILES string of the molecule is CC1(C)CC1NCC1CCCC1(F)F. The van der Waals surface area contributed by atoms with E-state index < -0.39 is 11.8 Å². The molecule has 0 saturated heterocycles. The Morgan fingerprint density at radius 3 is 2.43 bits per heavy atom. The summed E-state index contributed by atoms with van der Waals surface area (Å²) in [5.41, 5.74) is 0.341. The Bertz CT molecular complexity index is 225. The minimum absolute atomic E-state index is 0.0907. The summed E-state index contributed by atoms with van der Waals surface area (Å²) >= 11 is 0. The van der Waals surface area contributed by atoms with Gasteiger partial charge in [-0.25, -0.2) is 8.78 Å². The molecular weight excluding hydrogens is 184 g/mol. The molecule has 2 unspecified atom stereocenters. The molecule has 2 saturated carbocycles. The minimum atomic E-state index is -2.41. The van der Waals surface area contributed by atoms with Crippen LogP contribution < -0.4 is 5.32 Å². The number of halogens is 2. The molecule has 2 atom stereocenters. The number of rotatable bonds is 3. The van der Waals surface area contributed by atoms with Crippen LogP contribution in [0.4, 0.5) is 8.78 Å². The predicted molar refractivity (Wildman–Crippen MR) is 52.5 cm³/mol. The molecule has 1 nitrogen and oxygen atoms in total. The van der Waals surface area contributed by atoms with Gasteiger partial charge in [0.15, 0.2) is 0 Å². The molecule has 0 amide bonds. The Balaban J connectivity index is 1.76. The highest BCUT2D eigenvalue weighted by atomic mass is 19.3. The molecule has 0 spiro atoms. The van der Waals surface area contributed by atoms with Crippen LogP contribution in [0.1, 0.15) is 39.5 Å². The fourth-order valence-corrected chi connectivity index (χ4v) is 2.35. The van der Waals surface area contributed by atoms with Gasteiger partial charge in [-0.1, -0.05) is 13.8 Å². The predicted octanol–water partition coefficient (Wildman–Crippen LogP) is 2.81. The van der Waals surface area contributed by atoms with Crippen LogP contribution in [-0.4, -0.2) is 18.5 Å². The standard InChI is InChI=1S/C11H19F2N/c1-10(2)6-9(10)14-7-8-4-3-5-11(8,12)13/h8-9,14H,3-7H2,1-2H3. The lowest BCUT2D eigenvalue weighted by atomic mass is 10.1. The Hall–Kier alpha value is -0.180. The van der Waals surface area contributed by atoms with Crippen molar-refractivity contribution in [2.75, 3.05) is 6.54 Å². The molecule has 0 bridgehead atoms. The van der Waals surface area contributed by atoms with Crippen LogP contribution in [0.3, 0.4) is 0 Å². The van der Waals surface area contributed by atoms with Gasteiger partial charge in [0.1, 0.15) is 0 Å². The van der Waals surface area contributed by atoms with Gasteiger partial charge in [0.05, 0.1) is 0 Å². The van der Waals surface area contributed by atoms with Crippen LogP contribution in [0.25, 0.3) is 0 Å². The topological polar surface area (TPSA) is 12.0 Å². The molecule has 3 heteroatoms. The van der Waals surface area contributed by atoms with Gasteiger partial charge in [-0.15, -0.1) is 0 Å². The quantitative estimate of drug-likeness (QED) is 0.743. The lowest BCUT2D eigenvalue weighted by Gasteiger charge is -2.19. The van der Waals surface area contributed by atoms with Crippen molar-refractivity contribution in [3.63, 3.8) is 0 Å². The summed E-state index contributed by atoms with van der Waals surface area (Å²) in [7, 11) is 0. The van der Waals surface area contributed by atoms with Crippen molar-refractivity contribution >= 4 is 0 Å². The molecule has 1 N–H and O–H groups in total. The summed E-state index contributed by atoms with van der Waals surface area (Å²) in [6.45, 7) is 4.86. The van der Waals surface area contributed by atoms with Gasteiger partial charge >= 0.3 is 0 Å². The van der Waals surface area contributed by atoms with Gasteiger partial charge in [0, 0.05) is 24.9 Å². The Kier molecular flexibility index (Phi) is 2.33. The van der Waals surface area contributed by atoms with Gasteiger partial charge in [0.25, 0.3) is 5.92 Å². The first kappa shape index (κ1) is 10.3. The van der Waals surface area contributed by atoms with Gasteiger partial charge in [-0.3, -0.25) is 0 Å². The summed E-state index contributed by atoms with van der Waals surface area (Å²) in [4.78, 5) is 0. The molecule has 0 aromatic carbocycles. The van der Waals surface area contributed by atoms with Gasteiger partial charge in [-0.2, -0.15) is 0 Å². The highest BCUT2D eigenvalue weighted by Crippen LogP contribution is 2.45. The van der Waals surface area contributed by atoms with Crippen molar-refractivity contribution in [2.24, 2.45) is 11.3 Å². The average molecular weight is 203 g/mol. The Labute approximate surface area is 84.3 Å².